The van der Waals surface area contributed by atoms with Gasteiger partial charge < -0.3 is 15.0 Å². The highest BCUT2D eigenvalue weighted by Gasteiger charge is 2.31. The van der Waals surface area contributed by atoms with Crippen molar-refractivity contribution in [1.29, 1.82) is 0 Å². The summed E-state index contributed by atoms with van der Waals surface area (Å²) >= 11 is 0. The second-order valence-electron chi connectivity index (χ2n) is 7.06. The molecule has 2 aliphatic rings. The highest BCUT2D eigenvalue weighted by atomic mass is 16.5. The normalized spacial score (nSPS) is 24.6. The molecule has 0 bridgehead atoms. The highest BCUT2D eigenvalue weighted by Crippen LogP contribution is 2.37. The van der Waals surface area contributed by atoms with Gasteiger partial charge in [-0.15, -0.1) is 0 Å². The van der Waals surface area contributed by atoms with Gasteiger partial charge >= 0.3 is 0 Å². The third-order valence-electron chi connectivity index (χ3n) is 4.71. The molecular formula is C18H28N2O. The maximum atomic E-state index is 6.16. The molecule has 1 saturated heterocycles. The van der Waals surface area contributed by atoms with Crippen molar-refractivity contribution < 1.29 is 4.74 Å². The molecule has 21 heavy (non-hydrogen) atoms. The summed E-state index contributed by atoms with van der Waals surface area (Å²) in [5, 5.41) is 3.74. The van der Waals surface area contributed by atoms with Crippen LogP contribution in [-0.4, -0.2) is 36.2 Å². The zero-order valence-corrected chi connectivity index (χ0v) is 13.6. The van der Waals surface area contributed by atoms with Gasteiger partial charge in [0.1, 0.15) is 11.4 Å². The van der Waals surface area contributed by atoms with Crippen molar-refractivity contribution in [2.45, 2.75) is 58.2 Å². The molecule has 0 radical (unpaired) electrons. The summed E-state index contributed by atoms with van der Waals surface area (Å²) in [7, 11) is 0. The van der Waals surface area contributed by atoms with Gasteiger partial charge in [-0.1, -0.05) is 25.1 Å². The van der Waals surface area contributed by atoms with Crippen LogP contribution in [0.3, 0.4) is 0 Å². The largest absolute Gasteiger partial charge is 0.487 e. The number of piperidine rings is 1. The van der Waals surface area contributed by atoms with Gasteiger partial charge in [0, 0.05) is 31.1 Å². The Balaban J connectivity index is 1.63. The number of para-hydroxylation sites is 1. The fourth-order valence-corrected chi connectivity index (χ4v) is 3.58. The summed E-state index contributed by atoms with van der Waals surface area (Å²) in [6, 6.07) is 7.18. The Labute approximate surface area is 128 Å². The van der Waals surface area contributed by atoms with Gasteiger partial charge in [0.15, 0.2) is 0 Å². The van der Waals surface area contributed by atoms with Gasteiger partial charge in [0.2, 0.25) is 0 Å². The number of nitrogens with zero attached hydrogens (tertiary/aromatic N) is 1. The van der Waals surface area contributed by atoms with E-state index in [9.17, 15) is 0 Å². The molecule has 1 fully saturated rings. The molecule has 1 atom stereocenters. The molecule has 1 N–H and O–H groups in total. The van der Waals surface area contributed by atoms with Crippen LogP contribution in [0.2, 0.25) is 0 Å². The lowest BCUT2D eigenvalue weighted by Crippen LogP contribution is -2.45. The number of likely N-dealkylation sites (N-methyl/N-ethyl adjacent to an activating group) is 1. The molecule has 2 heterocycles. The third-order valence-corrected chi connectivity index (χ3v) is 4.71. The number of rotatable bonds is 4. The maximum Gasteiger partial charge on any atom is 0.127 e. The van der Waals surface area contributed by atoms with Crippen LogP contribution in [0.1, 0.15) is 44.7 Å². The van der Waals surface area contributed by atoms with Crippen molar-refractivity contribution in [2.75, 3.05) is 19.6 Å². The Bertz CT molecular complexity index is 498. The summed E-state index contributed by atoms with van der Waals surface area (Å²) in [6.07, 6.45) is 3.61. The average molecular weight is 288 g/mol. The lowest BCUT2D eigenvalue weighted by atomic mass is 10.00. The van der Waals surface area contributed by atoms with Crippen LogP contribution in [-0.2, 0) is 13.0 Å². The molecule has 3 heteroatoms. The average Bonchev–Trinajstić information content (AvgIpc) is 2.79. The van der Waals surface area contributed by atoms with Crippen LogP contribution in [0.4, 0.5) is 0 Å². The van der Waals surface area contributed by atoms with Gasteiger partial charge in [0.05, 0.1) is 0 Å². The molecule has 2 aliphatic heterocycles. The van der Waals surface area contributed by atoms with E-state index >= 15 is 0 Å². The molecule has 1 aromatic carbocycles. The quantitative estimate of drug-likeness (QED) is 0.922. The van der Waals surface area contributed by atoms with Gasteiger partial charge in [-0.2, -0.15) is 0 Å². The summed E-state index contributed by atoms with van der Waals surface area (Å²) < 4.78 is 6.16. The molecule has 116 valence electrons. The molecule has 3 nitrogen and oxygen atoms in total. The molecule has 1 aromatic rings. The number of fused-ring (bicyclic) bond motifs is 1. The maximum absolute atomic E-state index is 6.16. The zero-order chi connectivity index (χ0) is 14.9. The number of ether oxygens (including phenoxy) is 1. The number of likely N-dealkylation sites (tertiary alicyclic amines) is 1. The van der Waals surface area contributed by atoms with Crippen LogP contribution in [0, 0.1) is 0 Å². The SMILES string of the molecule is CCN1CCCC(NCc2cccc3c2OC(C)(C)C3)C1. The fourth-order valence-electron chi connectivity index (χ4n) is 3.58. The van der Waals surface area contributed by atoms with E-state index in [1.54, 1.807) is 0 Å². The van der Waals surface area contributed by atoms with E-state index in [0.717, 1.165) is 25.3 Å². The summed E-state index contributed by atoms with van der Waals surface area (Å²) in [4.78, 5) is 2.54. The van der Waals surface area contributed by atoms with Crippen LogP contribution >= 0.6 is 0 Å². The first-order valence-electron chi connectivity index (χ1n) is 8.33. The van der Waals surface area contributed by atoms with E-state index in [1.807, 2.05) is 0 Å². The second-order valence-corrected chi connectivity index (χ2v) is 7.06. The Morgan fingerprint density at radius 3 is 3.05 bits per heavy atom. The first-order chi connectivity index (χ1) is 10.1. The molecule has 0 spiro atoms. The molecular weight excluding hydrogens is 260 g/mol. The second kappa shape index (κ2) is 5.98. The Morgan fingerprint density at radius 1 is 1.38 bits per heavy atom. The molecule has 0 aliphatic carbocycles. The molecule has 0 amide bonds. The van der Waals surface area contributed by atoms with Crippen LogP contribution in [0.5, 0.6) is 5.75 Å². The lowest BCUT2D eigenvalue weighted by Gasteiger charge is -2.32. The van der Waals surface area contributed by atoms with Gasteiger partial charge in [0.25, 0.3) is 0 Å². The zero-order valence-electron chi connectivity index (χ0n) is 13.6. The van der Waals surface area contributed by atoms with Crippen molar-refractivity contribution in [1.82, 2.24) is 10.2 Å². The van der Waals surface area contributed by atoms with Crippen molar-refractivity contribution in [3.05, 3.63) is 29.3 Å². The molecule has 1 unspecified atom stereocenters. The van der Waals surface area contributed by atoms with Gasteiger partial charge in [-0.25, -0.2) is 0 Å². The standard InChI is InChI=1S/C18H28N2O/c1-4-20-10-6-9-16(13-20)19-12-15-8-5-7-14-11-18(2,3)21-17(14)15/h5,7-8,16,19H,4,6,9-13H2,1-3H3. The molecule has 3 rings (SSSR count). The third kappa shape index (κ3) is 3.41. The van der Waals surface area contributed by atoms with E-state index in [0.29, 0.717) is 6.04 Å². The first-order valence-corrected chi connectivity index (χ1v) is 8.33. The van der Waals surface area contributed by atoms with Crippen molar-refractivity contribution in [3.63, 3.8) is 0 Å². The predicted molar refractivity (Wildman–Crippen MR) is 86.8 cm³/mol. The van der Waals surface area contributed by atoms with Crippen LogP contribution < -0.4 is 10.1 Å². The predicted octanol–water partition coefficient (Wildman–Crippen LogP) is 2.97. The smallest absolute Gasteiger partial charge is 0.127 e. The van der Waals surface area contributed by atoms with E-state index in [1.165, 1.54) is 37.1 Å². The van der Waals surface area contributed by atoms with E-state index in [-0.39, 0.29) is 5.60 Å². The summed E-state index contributed by atoms with van der Waals surface area (Å²) in [6.45, 7) is 11.1. The molecule has 0 saturated carbocycles. The minimum absolute atomic E-state index is 0.0533. The highest BCUT2D eigenvalue weighted by molar-refractivity contribution is 5.45. The number of benzene rings is 1. The van der Waals surface area contributed by atoms with Crippen LogP contribution in [0.25, 0.3) is 0 Å². The lowest BCUT2D eigenvalue weighted by molar-refractivity contribution is 0.136. The number of hydrogen-bond donors (Lipinski definition) is 1. The van der Waals surface area contributed by atoms with Gasteiger partial charge in [-0.3, -0.25) is 0 Å². The number of nitrogens with one attached hydrogen (secondary N) is 1. The fraction of sp³-hybridized carbons (Fsp3) is 0.667. The van der Waals surface area contributed by atoms with Crippen LogP contribution in [0.15, 0.2) is 18.2 Å². The number of hydrogen-bond acceptors (Lipinski definition) is 3. The Morgan fingerprint density at radius 2 is 2.24 bits per heavy atom. The van der Waals surface area contributed by atoms with Crippen molar-refractivity contribution in [3.8, 4) is 5.75 Å². The van der Waals surface area contributed by atoms with Gasteiger partial charge in [-0.05, 0) is 45.3 Å². The minimum Gasteiger partial charge on any atom is -0.487 e. The Hall–Kier alpha value is -1.06. The molecule has 0 aromatic heterocycles. The topological polar surface area (TPSA) is 24.5 Å². The van der Waals surface area contributed by atoms with E-state index in [4.69, 9.17) is 4.74 Å². The summed E-state index contributed by atoms with van der Waals surface area (Å²) in [5.74, 6) is 1.12. The Kier molecular flexibility index (Phi) is 4.23. The van der Waals surface area contributed by atoms with E-state index < -0.39 is 0 Å². The van der Waals surface area contributed by atoms with Crippen molar-refractivity contribution in [2.24, 2.45) is 0 Å². The summed E-state index contributed by atoms with van der Waals surface area (Å²) in [5.41, 5.74) is 2.62. The monoisotopic (exact) mass is 288 g/mol. The minimum atomic E-state index is -0.0533. The first kappa shape index (κ1) is 14.9. The van der Waals surface area contributed by atoms with E-state index in [2.05, 4.69) is 49.2 Å². The van der Waals surface area contributed by atoms with Crippen molar-refractivity contribution >= 4 is 0 Å².